The molecule has 3 nitrogen and oxygen atoms in total. The fourth-order valence-corrected chi connectivity index (χ4v) is 2.88. The smallest absolute Gasteiger partial charge is 0.223 e. The van der Waals surface area contributed by atoms with Gasteiger partial charge in [0.2, 0.25) is 5.91 Å². The number of aryl methyl sites for hydroxylation is 1. The van der Waals surface area contributed by atoms with Crippen LogP contribution in [0, 0.1) is 11.6 Å². The Hall–Kier alpha value is -1.49. The summed E-state index contributed by atoms with van der Waals surface area (Å²) in [5.41, 5.74) is 0.633. The van der Waals surface area contributed by atoms with E-state index < -0.39 is 11.6 Å². The molecule has 1 N–H and O–H groups in total. The number of amides is 1. The van der Waals surface area contributed by atoms with Crippen LogP contribution in [-0.2, 0) is 11.2 Å². The van der Waals surface area contributed by atoms with Crippen molar-refractivity contribution in [3.8, 4) is 0 Å². The number of aliphatic hydroxyl groups excluding tert-OH is 1. The lowest BCUT2D eigenvalue weighted by Crippen LogP contribution is -2.35. The predicted octanol–water partition coefficient (Wildman–Crippen LogP) is 2.66. The van der Waals surface area contributed by atoms with Crippen molar-refractivity contribution >= 4 is 5.91 Å². The van der Waals surface area contributed by atoms with Gasteiger partial charge in [0.15, 0.2) is 11.6 Å². The summed E-state index contributed by atoms with van der Waals surface area (Å²) in [6.07, 6.45) is 4.23. The summed E-state index contributed by atoms with van der Waals surface area (Å²) >= 11 is 0. The molecule has 1 amide bonds. The van der Waals surface area contributed by atoms with Crippen molar-refractivity contribution in [2.75, 3.05) is 13.2 Å². The first-order valence-electron chi connectivity index (χ1n) is 7.46. The van der Waals surface area contributed by atoms with Crippen LogP contribution in [0.25, 0.3) is 0 Å². The zero-order valence-electron chi connectivity index (χ0n) is 12.0. The van der Waals surface area contributed by atoms with Gasteiger partial charge < -0.3 is 10.0 Å². The maximum atomic E-state index is 13.1. The lowest BCUT2D eigenvalue weighted by Gasteiger charge is -2.24. The van der Waals surface area contributed by atoms with Gasteiger partial charge in [0, 0.05) is 25.6 Å². The van der Waals surface area contributed by atoms with E-state index in [1.807, 2.05) is 4.90 Å². The summed E-state index contributed by atoms with van der Waals surface area (Å²) < 4.78 is 26.0. The van der Waals surface area contributed by atoms with Gasteiger partial charge in [-0.15, -0.1) is 0 Å². The van der Waals surface area contributed by atoms with E-state index >= 15 is 0 Å². The Morgan fingerprint density at radius 3 is 2.86 bits per heavy atom. The van der Waals surface area contributed by atoms with Crippen molar-refractivity contribution in [3.05, 3.63) is 35.4 Å². The van der Waals surface area contributed by atoms with Crippen LogP contribution in [-0.4, -0.2) is 35.1 Å². The number of hydrogen-bond donors (Lipinski definition) is 1. The van der Waals surface area contributed by atoms with Crippen LogP contribution in [0.1, 0.15) is 37.7 Å². The highest BCUT2D eigenvalue weighted by Crippen LogP contribution is 2.22. The number of carbonyl (C=O) groups excluding carboxylic acids is 1. The molecule has 0 saturated carbocycles. The Kier molecular flexibility index (Phi) is 5.67. The highest BCUT2D eigenvalue weighted by Gasteiger charge is 2.27. The van der Waals surface area contributed by atoms with Gasteiger partial charge in [-0.3, -0.25) is 4.79 Å². The molecule has 1 aromatic carbocycles. The second-order valence-corrected chi connectivity index (χ2v) is 5.50. The maximum Gasteiger partial charge on any atom is 0.223 e. The molecule has 0 spiro atoms. The number of likely N-dealkylation sites (tertiary alicyclic amines) is 1. The molecule has 1 atom stereocenters. The Labute approximate surface area is 123 Å². The normalized spacial score (nSPS) is 18.2. The van der Waals surface area contributed by atoms with E-state index in [0.717, 1.165) is 37.9 Å². The molecular formula is C16H21F2NO2. The van der Waals surface area contributed by atoms with Crippen LogP contribution in [0.3, 0.4) is 0 Å². The van der Waals surface area contributed by atoms with Crippen molar-refractivity contribution in [2.24, 2.45) is 0 Å². The van der Waals surface area contributed by atoms with Gasteiger partial charge >= 0.3 is 0 Å². The SMILES string of the molecule is O=C(CCc1ccc(F)c(F)c1)N1CCCC1CCCO. The van der Waals surface area contributed by atoms with Crippen molar-refractivity contribution in [1.82, 2.24) is 4.90 Å². The Balaban J connectivity index is 1.87. The van der Waals surface area contributed by atoms with Gasteiger partial charge in [-0.05, 0) is 49.8 Å². The first kappa shape index (κ1) is 15.9. The number of halogens is 2. The van der Waals surface area contributed by atoms with E-state index in [1.165, 1.54) is 6.07 Å². The number of aliphatic hydroxyl groups is 1. The van der Waals surface area contributed by atoms with Crippen LogP contribution in [0.15, 0.2) is 18.2 Å². The molecule has 21 heavy (non-hydrogen) atoms. The first-order chi connectivity index (χ1) is 10.1. The van der Waals surface area contributed by atoms with Crippen LogP contribution in [0.5, 0.6) is 0 Å². The van der Waals surface area contributed by atoms with Crippen molar-refractivity contribution in [3.63, 3.8) is 0 Å². The summed E-state index contributed by atoms with van der Waals surface area (Å²) in [5.74, 6) is -1.68. The standard InChI is InChI=1S/C16H21F2NO2/c17-14-7-5-12(11-15(14)18)6-8-16(21)19-9-1-3-13(19)4-2-10-20/h5,7,11,13,20H,1-4,6,8-10H2. The zero-order chi connectivity index (χ0) is 15.2. The summed E-state index contributed by atoms with van der Waals surface area (Å²) in [7, 11) is 0. The van der Waals surface area contributed by atoms with Crippen LogP contribution < -0.4 is 0 Å². The molecule has 0 aliphatic carbocycles. The number of carbonyl (C=O) groups is 1. The summed E-state index contributed by atoms with van der Waals surface area (Å²) in [5, 5.41) is 8.88. The number of nitrogens with zero attached hydrogens (tertiary/aromatic N) is 1. The average Bonchev–Trinajstić information content (AvgIpc) is 2.94. The maximum absolute atomic E-state index is 13.1. The van der Waals surface area contributed by atoms with E-state index in [2.05, 4.69) is 0 Å². The topological polar surface area (TPSA) is 40.5 Å². The lowest BCUT2D eigenvalue weighted by atomic mass is 10.1. The number of benzene rings is 1. The second kappa shape index (κ2) is 7.50. The van der Waals surface area contributed by atoms with Gasteiger partial charge in [0.1, 0.15) is 0 Å². The van der Waals surface area contributed by atoms with Crippen LogP contribution in [0.4, 0.5) is 8.78 Å². The van der Waals surface area contributed by atoms with Crippen molar-refractivity contribution in [1.29, 1.82) is 0 Å². The molecule has 1 saturated heterocycles. The van der Waals surface area contributed by atoms with Crippen molar-refractivity contribution in [2.45, 2.75) is 44.6 Å². The molecule has 2 rings (SSSR count). The van der Waals surface area contributed by atoms with Gasteiger partial charge in [-0.2, -0.15) is 0 Å². The summed E-state index contributed by atoms with van der Waals surface area (Å²) in [6, 6.07) is 3.97. The van der Waals surface area contributed by atoms with Crippen molar-refractivity contribution < 1.29 is 18.7 Å². The lowest BCUT2D eigenvalue weighted by molar-refractivity contribution is -0.132. The minimum absolute atomic E-state index is 0.0557. The largest absolute Gasteiger partial charge is 0.396 e. The molecule has 1 fully saturated rings. The second-order valence-electron chi connectivity index (χ2n) is 5.50. The minimum Gasteiger partial charge on any atom is -0.396 e. The molecular weight excluding hydrogens is 276 g/mol. The number of rotatable bonds is 6. The van der Waals surface area contributed by atoms with Gasteiger partial charge in [0.25, 0.3) is 0 Å². The van der Waals surface area contributed by atoms with E-state index in [0.29, 0.717) is 24.8 Å². The Morgan fingerprint density at radius 1 is 1.33 bits per heavy atom. The molecule has 116 valence electrons. The minimum atomic E-state index is -0.873. The highest BCUT2D eigenvalue weighted by atomic mass is 19.2. The molecule has 1 unspecified atom stereocenters. The van der Waals surface area contributed by atoms with E-state index in [9.17, 15) is 13.6 Å². The number of hydrogen-bond acceptors (Lipinski definition) is 2. The van der Waals surface area contributed by atoms with E-state index in [4.69, 9.17) is 5.11 Å². The van der Waals surface area contributed by atoms with E-state index in [-0.39, 0.29) is 18.6 Å². The molecule has 1 aliphatic heterocycles. The van der Waals surface area contributed by atoms with E-state index in [1.54, 1.807) is 0 Å². The average molecular weight is 297 g/mol. The monoisotopic (exact) mass is 297 g/mol. The van der Waals surface area contributed by atoms with Crippen LogP contribution >= 0.6 is 0 Å². The molecule has 1 heterocycles. The quantitative estimate of drug-likeness (QED) is 0.877. The molecule has 5 heteroatoms. The third-order valence-corrected chi connectivity index (χ3v) is 4.00. The Bertz CT molecular complexity index is 493. The highest BCUT2D eigenvalue weighted by molar-refractivity contribution is 5.77. The zero-order valence-corrected chi connectivity index (χ0v) is 12.0. The van der Waals surface area contributed by atoms with Gasteiger partial charge in [-0.1, -0.05) is 6.07 Å². The molecule has 1 aromatic rings. The summed E-state index contributed by atoms with van der Waals surface area (Å²) in [6.45, 7) is 0.903. The fourth-order valence-electron chi connectivity index (χ4n) is 2.88. The summed E-state index contributed by atoms with van der Waals surface area (Å²) in [4.78, 5) is 14.1. The van der Waals surface area contributed by atoms with Crippen LogP contribution in [0.2, 0.25) is 0 Å². The van der Waals surface area contributed by atoms with Gasteiger partial charge in [-0.25, -0.2) is 8.78 Å². The first-order valence-corrected chi connectivity index (χ1v) is 7.46. The Morgan fingerprint density at radius 2 is 2.14 bits per heavy atom. The fraction of sp³-hybridized carbons (Fsp3) is 0.562. The third kappa shape index (κ3) is 4.24. The third-order valence-electron chi connectivity index (χ3n) is 4.00. The molecule has 0 radical (unpaired) electrons. The van der Waals surface area contributed by atoms with Gasteiger partial charge in [0.05, 0.1) is 0 Å². The molecule has 1 aliphatic rings. The molecule has 0 aromatic heterocycles. The predicted molar refractivity (Wildman–Crippen MR) is 75.7 cm³/mol. The molecule has 0 bridgehead atoms.